The van der Waals surface area contributed by atoms with E-state index in [1.165, 1.54) is 32.4 Å². The second kappa shape index (κ2) is 3.63. The van der Waals surface area contributed by atoms with E-state index in [9.17, 15) is 0 Å². The normalized spacial score (nSPS) is 40.9. The van der Waals surface area contributed by atoms with Crippen molar-refractivity contribution in [3.8, 4) is 0 Å². The molecule has 3 saturated heterocycles. The molecule has 2 atom stereocenters. The number of halogens is 2. The van der Waals surface area contributed by atoms with Gasteiger partial charge >= 0.3 is 0 Å². The van der Waals surface area contributed by atoms with E-state index in [1.807, 2.05) is 0 Å². The van der Waals surface area contributed by atoms with Gasteiger partial charge < -0.3 is 0 Å². The summed E-state index contributed by atoms with van der Waals surface area (Å²) in [6.45, 7) is 2.56. The predicted molar refractivity (Wildman–Crippen MR) is 62.9 cm³/mol. The molecule has 11 heavy (non-hydrogen) atoms. The lowest BCUT2D eigenvalue weighted by atomic mass is 10.0. The van der Waals surface area contributed by atoms with Crippen LogP contribution in [0.1, 0.15) is 19.3 Å². The highest BCUT2D eigenvalue weighted by atomic mass is 127. The predicted octanol–water partition coefficient (Wildman–Crippen LogP) is 2.23. The molecule has 0 saturated carbocycles. The van der Waals surface area contributed by atoms with Crippen LogP contribution in [0, 0.1) is 0 Å². The van der Waals surface area contributed by atoms with Gasteiger partial charge in [0, 0.05) is 70.9 Å². The summed E-state index contributed by atoms with van der Waals surface area (Å²) in [4.78, 5) is 0. The third kappa shape index (κ3) is 1.83. The average molecular weight is 378 g/mol. The topological polar surface area (TPSA) is 6.48 Å². The minimum atomic E-state index is 0.825. The summed E-state index contributed by atoms with van der Waals surface area (Å²) in [5.41, 5.74) is 0. The van der Waals surface area contributed by atoms with Crippen LogP contribution in [0.3, 0.4) is 0 Å². The number of fused-ring (bicyclic) bond motifs is 4. The van der Waals surface area contributed by atoms with Gasteiger partial charge in [0.25, 0.3) is 0 Å². The van der Waals surface area contributed by atoms with Gasteiger partial charge in [-0.05, 0) is 19.3 Å². The fourth-order valence-corrected chi connectivity index (χ4v) is 3.68. The van der Waals surface area contributed by atoms with Crippen LogP contribution in [-0.2, 0) is 0 Å². The van der Waals surface area contributed by atoms with Gasteiger partial charge in [0.1, 0.15) is 0 Å². The monoisotopic (exact) mass is 378 g/mol. The van der Waals surface area contributed by atoms with Crippen molar-refractivity contribution in [3.05, 3.63) is 0 Å². The van der Waals surface area contributed by atoms with Crippen molar-refractivity contribution in [3.63, 3.8) is 0 Å². The zero-order valence-electron chi connectivity index (χ0n) is 6.34. The maximum atomic E-state index is 2.50. The Kier molecular flexibility index (Phi) is 2.95. The fraction of sp³-hybridized carbons (Fsp3) is 1.00. The second-order valence-corrected chi connectivity index (χ2v) is 5.86. The quantitative estimate of drug-likeness (QED) is 0.472. The molecule has 0 radical (unpaired) electrons. The molecule has 2 bridgehead atoms. The van der Waals surface area contributed by atoms with E-state index in [-0.39, 0.29) is 0 Å². The first kappa shape index (κ1) is 8.96. The Bertz CT molecular complexity index is 153. The van der Waals surface area contributed by atoms with Crippen LogP contribution < -0.4 is 0 Å². The lowest BCUT2D eigenvalue weighted by Gasteiger charge is -2.32. The molecule has 3 aliphatic rings. The molecule has 0 spiro atoms. The third-order valence-corrected chi connectivity index (χ3v) is 5.14. The summed E-state index contributed by atoms with van der Waals surface area (Å²) in [6, 6.07) is 1.69. The third-order valence-electron chi connectivity index (χ3n) is 2.69. The Labute approximate surface area is 95.7 Å². The van der Waals surface area contributed by atoms with E-state index < -0.39 is 0 Å². The Hall–Kier alpha value is 1.38. The van der Waals surface area contributed by atoms with Gasteiger partial charge in [-0.1, -0.05) is 0 Å². The van der Waals surface area contributed by atoms with E-state index in [0.717, 1.165) is 12.1 Å². The number of hydrogen-bond donors (Lipinski definition) is 0. The Morgan fingerprint density at radius 1 is 0.909 bits per heavy atom. The van der Waals surface area contributed by atoms with E-state index in [4.69, 9.17) is 0 Å². The molecule has 2 nitrogen and oxygen atoms in total. The Balaban J connectivity index is 2.11. The fourth-order valence-electron chi connectivity index (χ4n) is 1.93. The second-order valence-electron chi connectivity index (χ2n) is 3.38. The first-order valence-corrected chi connectivity index (χ1v) is 6.05. The summed E-state index contributed by atoms with van der Waals surface area (Å²) in [5, 5.41) is 0. The van der Waals surface area contributed by atoms with E-state index in [0.29, 0.717) is 0 Å². The molecule has 4 heteroatoms. The molecule has 3 fully saturated rings. The molecule has 3 aliphatic heterocycles. The van der Waals surface area contributed by atoms with Crippen molar-refractivity contribution in [2.24, 2.45) is 0 Å². The molecule has 0 aromatic rings. The van der Waals surface area contributed by atoms with Crippen LogP contribution in [0.4, 0.5) is 0 Å². The van der Waals surface area contributed by atoms with Crippen LogP contribution in [0.15, 0.2) is 0 Å². The van der Waals surface area contributed by atoms with Gasteiger partial charge in [-0.15, -0.1) is 0 Å². The van der Waals surface area contributed by atoms with Crippen LogP contribution in [0.2, 0.25) is 0 Å². The maximum Gasteiger partial charge on any atom is 0.0330 e. The number of nitrogens with zero attached hydrogens (tertiary/aromatic N) is 2. The lowest BCUT2D eigenvalue weighted by molar-refractivity contribution is 0.263. The molecular formula is C7H12I2N2. The van der Waals surface area contributed by atoms with Gasteiger partial charge in [-0.25, -0.2) is 6.23 Å². The van der Waals surface area contributed by atoms with Crippen LogP contribution in [0.25, 0.3) is 0 Å². The first-order valence-electron chi connectivity index (χ1n) is 4.12. The summed E-state index contributed by atoms with van der Waals surface area (Å²) in [6.07, 6.45) is 4.18. The van der Waals surface area contributed by atoms with Crippen molar-refractivity contribution in [2.45, 2.75) is 31.3 Å². The van der Waals surface area contributed by atoms with Crippen molar-refractivity contribution >= 4 is 45.7 Å². The smallest absolute Gasteiger partial charge is 0.0330 e. The molecule has 2 unspecified atom stereocenters. The largest absolute Gasteiger partial charge is 0.243 e. The van der Waals surface area contributed by atoms with Gasteiger partial charge in [0.05, 0.1) is 0 Å². The van der Waals surface area contributed by atoms with Crippen LogP contribution in [0.5, 0.6) is 0 Å². The molecule has 3 heterocycles. The van der Waals surface area contributed by atoms with E-state index in [1.54, 1.807) is 0 Å². The van der Waals surface area contributed by atoms with Gasteiger partial charge in [-0.3, -0.25) is 0 Å². The van der Waals surface area contributed by atoms with Crippen LogP contribution in [-0.4, -0.2) is 31.4 Å². The summed E-state index contributed by atoms with van der Waals surface area (Å²) >= 11 is 4.97. The van der Waals surface area contributed by atoms with Gasteiger partial charge in [0.2, 0.25) is 0 Å². The van der Waals surface area contributed by atoms with Crippen molar-refractivity contribution in [1.29, 1.82) is 0 Å². The number of hydrogen-bond acceptors (Lipinski definition) is 2. The SMILES string of the molecule is IN1CCC2CCC1CN2I. The summed E-state index contributed by atoms with van der Waals surface area (Å²) in [5.74, 6) is 0. The van der Waals surface area contributed by atoms with E-state index in [2.05, 4.69) is 52.0 Å². The highest BCUT2D eigenvalue weighted by Crippen LogP contribution is 2.31. The standard InChI is InChI=1S/C7H12I2N2/c8-10-4-3-6-1-2-7(10)5-11(6)9/h6-7H,1-5H2. The minimum Gasteiger partial charge on any atom is -0.243 e. The first-order chi connectivity index (χ1) is 5.27. The Morgan fingerprint density at radius 2 is 1.64 bits per heavy atom. The van der Waals surface area contributed by atoms with Crippen molar-refractivity contribution in [1.82, 2.24) is 6.23 Å². The maximum absolute atomic E-state index is 2.50. The van der Waals surface area contributed by atoms with Crippen molar-refractivity contribution < 1.29 is 0 Å². The average Bonchev–Trinajstić information content (AvgIpc) is 2.22. The molecular weight excluding hydrogens is 366 g/mol. The molecule has 0 aliphatic carbocycles. The van der Waals surface area contributed by atoms with Gasteiger partial charge in [-0.2, -0.15) is 0 Å². The van der Waals surface area contributed by atoms with Crippen molar-refractivity contribution in [2.75, 3.05) is 13.1 Å². The lowest BCUT2D eigenvalue weighted by Crippen LogP contribution is -2.39. The highest BCUT2D eigenvalue weighted by Gasteiger charge is 2.33. The summed E-state index contributed by atoms with van der Waals surface area (Å²) in [7, 11) is 0. The molecule has 64 valence electrons. The molecule has 0 aromatic carbocycles. The summed E-state index contributed by atoms with van der Waals surface area (Å²) < 4.78 is 5.00. The minimum absolute atomic E-state index is 0.825. The Morgan fingerprint density at radius 3 is 2.36 bits per heavy atom. The molecule has 0 N–H and O–H groups in total. The zero-order valence-corrected chi connectivity index (χ0v) is 10.7. The molecule has 0 amide bonds. The molecule has 0 aromatic heterocycles. The molecule has 3 rings (SSSR count). The number of piperidine rings is 1. The zero-order chi connectivity index (χ0) is 7.84. The van der Waals surface area contributed by atoms with Gasteiger partial charge in [0.15, 0.2) is 0 Å². The van der Waals surface area contributed by atoms with Crippen LogP contribution >= 0.6 is 45.7 Å². The highest BCUT2D eigenvalue weighted by molar-refractivity contribution is 14.1. The number of rotatable bonds is 0. The van der Waals surface area contributed by atoms with E-state index >= 15 is 0 Å².